The van der Waals surface area contributed by atoms with Crippen LogP contribution < -0.4 is 5.32 Å². The number of hydrogen-bond acceptors (Lipinski definition) is 3. The topological polar surface area (TPSA) is 46.2 Å². The van der Waals surface area contributed by atoms with Crippen molar-refractivity contribution in [1.29, 1.82) is 0 Å². The number of nitrogens with one attached hydrogen (secondary N) is 1. The van der Waals surface area contributed by atoms with Gasteiger partial charge in [0.25, 0.3) is 0 Å². The first kappa shape index (κ1) is 18.2. The predicted molar refractivity (Wildman–Crippen MR) is 90.3 cm³/mol. The molecule has 1 rings (SSSR count). The number of sulfone groups is 1. The van der Waals surface area contributed by atoms with Gasteiger partial charge in [-0.3, -0.25) is 0 Å². The van der Waals surface area contributed by atoms with E-state index in [1.165, 1.54) is 0 Å². The van der Waals surface area contributed by atoms with E-state index in [1.54, 1.807) is 0 Å². The smallest absolute Gasteiger partial charge is 0.154 e. The van der Waals surface area contributed by atoms with E-state index in [9.17, 15) is 8.42 Å². The van der Waals surface area contributed by atoms with Crippen LogP contribution in [-0.4, -0.2) is 26.8 Å². The van der Waals surface area contributed by atoms with Crippen LogP contribution in [0.25, 0.3) is 0 Å². The van der Waals surface area contributed by atoms with E-state index in [0.717, 1.165) is 43.4 Å². The molecule has 0 saturated heterocycles. The molecule has 1 atom stereocenters. The monoisotopic (exact) mass is 311 g/mol. The molecule has 1 N–H and O–H groups in total. The summed E-state index contributed by atoms with van der Waals surface area (Å²) in [5.41, 5.74) is 1.98. The minimum absolute atomic E-state index is 0.166. The fourth-order valence-electron chi connectivity index (χ4n) is 2.43. The van der Waals surface area contributed by atoms with Crippen molar-refractivity contribution in [1.82, 2.24) is 5.32 Å². The summed E-state index contributed by atoms with van der Waals surface area (Å²) in [5.74, 6) is 0.449. The molecule has 1 aromatic carbocycles. The van der Waals surface area contributed by atoms with Crippen LogP contribution in [0.1, 0.15) is 50.7 Å². The van der Waals surface area contributed by atoms with Crippen molar-refractivity contribution in [2.45, 2.75) is 58.2 Å². The normalized spacial score (nSPS) is 13.3. The number of rotatable bonds is 10. The van der Waals surface area contributed by atoms with Gasteiger partial charge >= 0.3 is 0 Å². The molecule has 0 heterocycles. The zero-order valence-corrected chi connectivity index (χ0v) is 14.4. The molecule has 120 valence electrons. The maximum Gasteiger partial charge on any atom is 0.154 e. The molecule has 21 heavy (non-hydrogen) atoms. The first-order valence-electron chi connectivity index (χ1n) is 7.96. The molecule has 0 aliphatic carbocycles. The fraction of sp³-hybridized carbons (Fsp3) is 0.647. The van der Waals surface area contributed by atoms with Gasteiger partial charge in [-0.25, -0.2) is 8.42 Å². The van der Waals surface area contributed by atoms with Crippen molar-refractivity contribution in [3.05, 3.63) is 35.4 Å². The molecular weight excluding hydrogens is 282 g/mol. The van der Waals surface area contributed by atoms with Crippen molar-refractivity contribution in [3.8, 4) is 0 Å². The van der Waals surface area contributed by atoms with Crippen molar-refractivity contribution in [2.75, 3.05) is 12.3 Å². The summed E-state index contributed by atoms with van der Waals surface area (Å²) in [4.78, 5) is 0. The Morgan fingerprint density at radius 1 is 1.19 bits per heavy atom. The van der Waals surface area contributed by atoms with Crippen LogP contribution >= 0.6 is 0 Å². The highest BCUT2D eigenvalue weighted by Crippen LogP contribution is 2.13. The van der Waals surface area contributed by atoms with Gasteiger partial charge in [-0.2, -0.15) is 0 Å². The second-order valence-electron chi connectivity index (χ2n) is 5.72. The molecule has 0 spiro atoms. The molecule has 3 nitrogen and oxygen atoms in total. The van der Waals surface area contributed by atoms with E-state index in [1.807, 2.05) is 31.2 Å². The number of hydrogen-bond donors (Lipinski definition) is 1. The third-order valence-corrected chi connectivity index (χ3v) is 5.48. The molecule has 0 saturated carbocycles. The van der Waals surface area contributed by atoms with Gasteiger partial charge in [-0.05, 0) is 50.3 Å². The first-order chi connectivity index (χ1) is 9.98. The van der Waals surface area contributed by atoms with Gasteiger partial charge in [0, 0.05) is 6.04 Å². The van der Waals surface area contributed by atoms with Gasteiger partial charge in [0.15, 0.2) is 9.84 Å². The Bertz CT molecular complexity index is 511. The van der Waals surface area contributed by atoms with E-state index in [4.69, 9.17) is 0 Å². The highest BCUT2D eigenvalue weighted by Gasteiger charge is 2.14. The maximum absolute atomic E-state index is 12.2. The van der Waals surface area contributed by atoms with E-state index < -0.39 is 9.84 Å². The third-order valence-electron chi connectivity index (χ3n) is 3.82. The summed E-state index contributed by atoms with van der Waals surface area (Å²) in [7, 11) is -3.01. The molecule has 0 aliphatic rings. The second-order valence-corrected chi connectivity index (χ2v) is 7.90. The quantitative estimate of drug-likeness (QED) is 0.719. The van der Waals surface area contributed by atoms with E-state index >= 15 is 0 Å². The van der Waals surface area contributed by atoms with Crippen molar-refractivity contribution < 1.29 is 8.42 Å². The number of benzene rings is 1. The van der Waals surface area contributed by atoms with Crippen LogP contribution in [-0.2, 0) is 15.6 Å². The van der Waals surface area contributed by atoms with Gasteiger partial charge in [-0.1, -0.05) is 38.1 Å². The highest BCUT2D eigenvalue weighted by molar-refractivity contribution is 7.90. The van der Waals surface area contributed by atoms with Crippen molar-refractivity contribution in [3.63, 3.8) is 0 Å². The van der Waals surface area contributed by atoms with Crippen LogP contribution in [0.5, 0.6) is 0 Å². The van der Waals surface area contributed by atoms with E-state index in [0.29, 0.717) is 6.04 Å². The summed E-state index contributed by atoms with van der Waals surface area (Å²) in [6.07, 6.45) is 3.84. The van der Waals surface area contributed by atoms with Crippen LogP contribution in [0.15, 0.2) is 24.3 Å². The molecule has 0 aliphatic heterocycles. The predicted octanol–water partition coefficient (Wildman–Crippen LogP) is 3.47. The minimum Gasteiger partial charge on any atom is -0.314 e. The SMILES string of the molecule is CCCNC(CC)CCCS(=O)(=O)Cc1ccccc1C. The van der Waals surface area contributed by atoms with Gasteiger partial charge in [0.1, 0.15) is 0 Å². The lowest BCUT2D eigenvalue weighted by Crippen LogP contribution is -2.29. The Kier molecular flexibility index (Phi) is 7.97. The average molecular weight is 311 g/mol. The molecule has 0 bridgehead atoms. The summed E-state index contributed by atoms with van der Waals surface area (Å²) < 4.78 is 24.4. The Balaban J connectivity index is 2.44. The van der Waals surface area contributed by atoms with E-state index in [2.05, 4.69) is 19.2 Å². The maximum atomic E-state index is 12.2. The van der Waals surface area contributed by atoms with Crippen LogP contribution in [0, 0.1) is 6.92 Å². The lowest BCUT2D eigenvalue weighted by atomic mass is 10.1. The lowest BCUT2D eigenvalue weighted by Gasteiger charge is -2.16. The molecule has 0 fully saturated rings. The van der Waals surface area contributed by atoms with Crippen LogP contribution in [0.2, 0.25) is 0 Å². The van der Waals surface area contributed by atoms with Gasteiger partial charge in [0.2, 0.25) is 0 Å². The summed E-state index contributed by atoms with van der Waals surface area (Å²) in [5, 5.41) is 3.47. The zero-order valence-electron chi connectivity index (χ0n) is 13.6. The highest BCUT2D eigenvalue weighted by atomic mass is 32.2. The van der Waals surface area contributed by atoms with Gasteiger partial charge < -0.3 is 5.32 Å². The Morgan fingerprint density at radius 2 is 1.90 bits per heavy atom. The van der Waals surface area contributed by atoms with Crippen molar-refractivity contribution in [2.24, 2.45) is 0 Å². The summed E-state index contributed by atoms with van der Waals surface area (Å²) in [6.45, 7) is 7.27. The molecule has 0 amide bonds. The molecule has 0 radical (unpaired) electrons. The zero-order chi connectivity index (χ0) is 15.7. The first-order valence-corrected chi connectivity index (χ1v) is 9.79. The largest absolute Gasteiger partial charge is 0.314 e. The lowest BCUT2D eigenvalue weighted by molar-refractivity contribution is 0.463. The molecule has 1 unspecified atom stereocenters. The Morgan fingerprint density at radius 3 is 2.52 bits per heavy atom. The average Bonchev–Trinajstić information content (AvgIpc) is 2.45. The van der Waals surface area contributed by atoms with Crippen LogP contribution in [0.4, 0.5) is 0 Å². The van der Waals surface area contributed by atoms with E-state index in [-0.39, 0.29) is 11.5 Å². The molecule has 1 aromatic rings. The second kappa shape index (κ2) is 9.21. The van der Waals surface area contributed by atoms with Gasteiger partial charge in [0.05, 0.1) is 11.5 Å². The Labute approximate surface area is 130 Å². The van der Waals surface area contributed by atoms with Crippen LogP contribution in [0.3, 0.4) is 0 Å². The fourth-order valence-corrected chi connectivity index (χ4v) is 3.98. The molecule has 0 aromatic heterocycles. The Hall–Kier alpha value is -0.870. The minimum atomic E-state index is -3.01. The summed E-state index contributed by atoms with van der Waals surface area (Å²) in [6, 6.07) is 8.16. The molecule has 4 heteroatoms. The summed E-state index contributed by atoms with van der Waals surface area (Å²) >= 11 is 0. The third kappa shape index (κ3) is 7.09. The number of aryl methyl sites for hydroxylation is 1. The van der Waals surface area contributed by atoms with Crippen molar-refractivity contribution >= 4 is 9.84 Å². The standard InChI is InChI=1S/C17H29NO2S/c1-4-12-18-17(5-2)11-8-13-21(19,20)14-16-10-7-6-9-15(16)3/h6-7,9-10,17-18H,4-5,8,11-14H2,1-3H3. The molecular formula is C17H29NO2S. The van der Waals surface area contributed by atoms with Gasteiger partial charge in [-0.15, -0.1) is 0 Å².